The quantitative estimate of drug-likeness (QED) is 0.647. The highest BCUT2D eigenvalue weighted by atomic mass is 79.9. The second-order valence-corrected chi connectivity index (χ2v) is 9.00. The third kappa shape index (κ3) is 3.87. The Bertz CT molecular complexity index is 480. The SMILES string of the molecule is CC(C)(C)SC(c1ccc(Br)cc1)c1cccs1. The summed E-state index contributed by atoms with van der Waals surface area (Å²) in [7, 11) is 0. The summed E-state index contributed by atoms with van der Waals surface area (Å²) in [6.45, 7) is 6.82. The van der Waals surface area contributed by atoms with Crippen molar-refractivity contribution in [2.75, 3.05) is 0 Å². The molecule has 0 spiro atoms. The van der Waals surface area contributed by atoms with Crippen LogP contribution in [0.1, 0.15) is 36.5 Å². The van der Waals surface area contributed by atoms with Crippen LogP contribution in [-0.2, 0) is 0 Å². The molecule has 3 heteroatoms. The molecule has 0 saturated heterocycles. The minimum Gasteiger partial charge on any atom is -0.147 e. The van der Waals surface area contributed by atoms with Crippen LogP contribution in [0.15, 0.2) is 46.3 Å². The van der Waals surface area contributed by atoms with E-state index in [9.17, 15) is 0 Å². The third-order valence-corrected chi connectivity index (χ3v) is 5.53. The normalized spacial score (nSPS) is 13.6. The molecule has 1 aromatic heterocycles. The number of thiophene rings is 1. The van der Waals surface area contributed by atoms with Gasteiger partial charge in [0.25, 0.3) is 0 Å². The van der Waals surface area contributed by atoms with Crippen molar-refractivity contribution in [3.05, 3.63) is 56.7 Å². The van der Waals surface area contributed by atoms with Gasteiger partial charge in [0.1, 0.15) is 0 Å². The van der Waals surface area contributed by atoms with Crippen LogP contribution in [0.5, 0.6) is 0 Å². The van der Waals surface area contributed by atoms with Crippen LogP contribution in [0.2, 0.25) is 0 Å². The summed E-state index contributed by atoms with van der Waals surface area (Å²) < 4.78 is 1.39. The van der Waals surface area contributed by atoms with Crippen molar-refractivity contribution in [3.63, 3.8) is 0 Å². The fraction of sp³-hybridized carbons (Fsp3) is 0.333. The number of thioether (sulfide) groups is 1. The van der Waals surface area contributed by atoms with Gasteiger partial charge in [-0.25, -0.2) is 0 Å². The summed E-state index contributed by atoms with van der Waals surface area (Å²) >= 11 is 7.35. The predicted octanol–water partition coefficient (Wildman–Crippen LogP) is 6.13. The van der Waals surface area contributed by atoms with Gasteiger partial charge in [-0.1, -0.05) is 54.9 Å². The van der Waals surface area contributed by atoms with Crippen LogP contribution >= 0.6 is 39.0 Å². The monoisotopic (exact) mass is 340 g/mol. The molecule has 0 saturated carbocycles. The topological polar surface area (TPSA) is 0 Å². The van der Waals surface area contributed by atoms with E-state index >= 15 is 0 Å². The van der Waals surface area contributed by atoms with Crippen molar-refractivity contribution in [3.8, 4) is 0 Å². The van der Waals surface area contributed by atoms with Crippen molar-refractivity contribution in [1.82, 2.24) is 0 Å². The molecule has 1 heterocycles. The van der Waals surface area contributed by atoms with E-state index in [1.807, 2.05) is 23.1 Å². The Balaban J connectivity index is 2.33. The van der Waals surface area contributed by atoms with Crippen molar-refractivity contribution in [2.24, 2.45) is 0 Å². The van der Waals surface area contributed by atoms with E-state index in [-0.39, 0.29) is 4.75 Å². The average molecular weight is 341 g/mol. The van der Waals surface area contributed by atoms with E-state index in [2.05, 4.69) is 78.5 Å². The first kappa shape index (κ1) is 14.2. The highest BCUT2D eigenvalue weighted by Gasteiger charge is 2.23. The number of hydrogen-bond acceptors (Lipinski definition) is 2. The van der Waals surface area contributed by atoms with Crippen LogP contribution in [0.4, 0.5) is 0 Å². The maximum atomic E-state index is 3.50. The van der Waals surface area contributed by atoms with Gasteiger partial charge < -0.3 is 0 Å². The zero-order valence-corrected chi connectivity index (χ0v) is 14.0. The van der Waals surface area contributed by atoms with Gasteiger partial charge in [-0.05, 0) is 29.1 Å². The molecule has 0 nitrogen and oxygen atoms in total. The van der Waals surface area contributed by atoms with E-state index < -0.39 is 0 Å². The first-order valence-electron chi connectivity index (χ1n) is 5.92. The van der Waals surface area contributed by atoms with Crippen LogP contribution < -0.4 is 0 Å². The van der Waals surface area contributed by atoms with E-state index in [0.717, 1.165) is 4.47 Å². The molecule has 18 heavy (non-hydrogen) atoms. The number of rotatable bonds is 3. The number of halogens is 1. The van der Waals surface area contributed by atoms with Gasteiger partial charge in [-0.15, -0.1) is 23.1 Å². The summed E-state index contributed by atoms with van der Waals surface area (Å²) in [5, 5.41) is 2.59. The molecule has 1 unspecified atom stereocenters. The standard InChI is InChI=1S/C15H17BrS2/c1-15(2,3)18-14(13-5-4-10-17-13)11-6-8-12(16)9-7-11/h4-10,14H,1-3H3. The van der Waals surface area contributed by atoms with Crippen LogP contribution in [0.3, 0.4) is 0 Å². The summed E-state index contributed by atoms with van der Waals surface area (Å²) in [5.41, 5.74) is 1.38. The van der Waals surface area contributed by atoms with E-state index in [4.69, 9.17) is 0 Å². The molecule has 1 atom stereocenters. The second-order valence-electron chi connectivity index (χ2n) is 5.18. The van der Waals surface area contributed by atoms with Gasteiger partial charge >= 0.3 is 0 Å². The average Bonchev–Trinajstić information content (AvgIpc) is 2.79. The molecule has 0 N–H and O–H groups in total. The lowest BCUT2D eigenvalue weighted by molar-refractivity contribution is 0.798. The van der Waals surface area contributed by atoms with E-state index in [0.29, 0.717) is 5.25 Å². The van der Waals surface area contributed by atoms with Gasteiger partial charge in [0, 0.05) is 14.1 Å². The Morgan fingerprint density at radius 2 is 1.78 bits per heavy atom. The molecule has 96 valence electrons. The van der Waals surface area contributed by atoms with Gasteiger partial charge in [-0.2, -0.15) is 0 Å². The summed E-state index contributed by atoms with van der Waals surface area (Å²) in [4.78, 5) is 1.43. The fourth-order valence-corrected chi connectivity index (χ4v) is 4.22. The second kappa shape index (κ2) is 5.81. The van der Waals surface area contributed by atoms with Crippen molar-refractivity contribution < 1.29 is 0 Å². The maximum Gasteiger partial charge on any atom is 0.0645 e. The van der Waals surface area contributed by atoms with E-state index in [1.54, 1.807) is 0 Å². The lowest BCUT2D eigenvalue weighted by Crippen LogP contribution is -2.11. The largest absolute Gasteiger partial charge is 0.147 e. The highest BCUT2D eigenvalue weighted by molar-refractivity contribution is 9.10. The molecule has 0 radical (unpaired) electrons. The van der Waals surface area contributed by atoms with Crippen molar-refractivity contribution in [2.45, 2.75) is 30.8 Å². The zero-order valence-electron chi connectivity index (χ0n) is 10.8. The van der Waals surface area contributed by atoms with Crippen molar-refractivity contribution in [1.29, 1.82) is 0 Å². The van der Waals surface area contributed by atoms with Crippen LogP contribution in [-0.4, -0.2) is 4.75 Å². The first-order valence-corrected chi connectivity index (χ1v) is 8.47. The van der Waals surface area contributed by atoms with Gasteiger partial charge in [0.2, 0.25) is 0 Å². The number of hydrogen-bond donors (Lipinski definition) is 0. The molecule has 2 rings (SSSR count). The van der Waals surface area contributed by atoms with Gasteiger partial charge in [0.05, 0.1) is 5.25 Å². The molecule has 0 amide bonds. The smallest absolute Gasteiger partial charge is 0.0645 e. The Morgan fingerprint density at radius 3 is 2.28 bits per heavy atom. The Kier molecular flexibility index (Phi) is 4.57. The minimum absolute atomic E-state index is 0.252. The molecular formula is C15H17BrS2. The lowest BCUT2D eigenvalue weighted by Gasteiger charge is -2.25. The van der Waals surface area contributed by atoms with Crippen LogP contribution in [0, 0.1) is 0 Å². The van der Waals surface area contributed by atoms with Gasteiger partial charge in [0.15, 0.2) is 0 Å². The first-order chi connectivity index (χ1) is 8.46. The molecule has 1 aromatic carbocycles. The Labute approximate surface area is 126 Å². The molecule has 0 aliphatic carbocycles. The minimum atomic E-state index is 0.252. The molecular weight excluding hydrogens is 324 g/mol. The van der Waals surface area contributed by atoms with E-state index in [1.165, 1.54) is 10.4 Å². The number of benzene rings is 1. The highest BCUT2D eigenvalue weighted by Crippen LogP contribution is 2.44. The third-order valence-electron chi connectivity index (χ3n) is 2.45. The Hall–Kier alpha value is -0.250. The molecule has 0 bridgehead atoms. The summed E-state index contributed by atoms with van der Waals surface area (Å²) in [5.74, 6) is 0. The molecule has 0 aliphatic heterocycles. The Morgan fingerprint density at radius 1 is 1.11 bits per heavy atom. The maximum absolute atomic E-state index is 3.50. The van der Waals surface area contributed by atoms with Crippen molar-refractivity contribution >= 4 is 39.0 Å². The molecule has 2 aromatic rings. The fourth-order valence-electron chi connectivity index (χ4n) is 1.72. The van der Waals surface area contributed by atoms with Gasteiger partial charge in [-0.3, -0.25) is 0 Å². The summed E-state index contributed by atoms with van der Waals surface area (Å²) in [6, 6.07) is 13.0. The molecule has 0 aliphatic rings. The summed E-state index contributed by atoms with van der Waals surface area (Å²) in [6.07, 6.45) is 0. The molecule has 0 fully saturated rings. The zero-order chi connectivity index (χ0) is 13.2. The van der Waals surface area contributed by atoms with Crippen LogP contribution in [0.25, 0.3) is 0 Å². The predicted molar refractivity (Wildman–Crippen MR) is 87.6 cm³/mol. The lowest BCUT2D eigenvalue weighted by atomic mass is 10.1.